The molecule has 9 heteroatoms. The van der Waals surface area contributed by atoms with Gasteiger partial charge in [0.1, 0.15) is 17.2 Å². The first-order valence-corrected chi connectivity index (χ1v) is 8.75. The van der Waals surface area contributed by atoms with Gasteiger partial charge in [-0.2, -0.15) is 8.78 Å². The SMILES string of the molecule is CN=C(NCCc1ccc(OC)cc1)NCc1ccc(OC)cc1OC(F)F.I. The van der Waals surface area contributed by atoms with Crippen molar-refractivity contribution in [3.63, 3.8) is 0 Å². The number of methoxy groups -OCH3 is 2. The van der Waals surface area contributed by atoms with E-state index in [0.29, 0.717) is 23.8 Å². The Morgan fingerprint density at radius 2 is 1.66 bits per heavy atom. The van der Waals surface area contributed by atoms with Crippen molar-refractivity contribution in [3.8, 4) is 17.2 Å². The number of ether oxygens (including phenoxy) is 3. The number of halogens is 3. The molecule has 0 aliphatic rings. The molecule has 0 amide bonds. The molecule has 0 aliphatic heterocycles. The first-order chi connectivity index (χ1) is 13.5. The van der Waals surface area contributed by atoms with Gasteiger partial charge in [0, 0.05) is 31.8 Å². The Balaban J connectivity index is 0.00000420. The van der Waals surface area contributed by atoms with Crippen molar-refractivity contribution in [1.82, 2.24) is 10.6 Å². The van der Waals surface area contributed by atoms with Crippen LogP contribution in [0.15, 0.2) is 47.5 Å². The minimum Gasteiger partial charge on any atom is -0.497 e. The second kappa shape index (κ2) is 13.0. The third kappa shape index (κ3) is 8.30. The number of nitrogens with one attached hydrogen (secondary N) is 2. The summed E-state index contributed by atoms with van der Waals surface area (Å²) in [6.45, 7) is -1.98. The van der Waals surface area contributed by atoms with Gasteiger partial charge in [0.05, 0.1) is 14.2 Å². The molecule has 0 saturated heterocycles. The van der Waals surface area contributed by atoms with Gasteiger partial charge in [-0.05, 0) is 36.2 Å². The average molecular weight is 521 g/mol. The third-order valence-corrected chi connectivity index (χ3v) is 4.03. The molecule has 2 aromatic rings. The molecule has 0 atom stereocenters. The maximum atomic E-state index is 12.6. The lowest BCUT2D eigenvalue weighted by atomic mass is 10.1. The second-order valence-corrected chi connectivity index (χ2v) is 5.80. The van der Waals surface area contributed by atoms with Crippen molar-refractivity contribution < 1.29 is 23.0 Å². The fourth-order valence-corrected chi connectivity index (χ4v) is 2.53. The number of rotatable bonds is 9. The summed E-state index contributed by atoms with van der Waals surface area (Å²) >= 11 is 0. The van der Waals surface area contributed by atoms with Gasteiger partial charge in [-0.25, -0.2) is 0 Å². The fourth-order valence-electron chi connectivity index (χ4n) is 2.53. The summed E-state index contributed by atoms with van der Waals surface area (Å²) in [5, 5.41) is 6.29. The molecule has 0 aromatic heterocycles. The maximum Gasteiger partial charge on any atom is 0.387 e. The van der Waals surface area contributed by atoms with E-state index in [1.165, 1.54) is 13.2 Å². The molecule has 0 unspecified atom stereocenters. The number of alkyl halides is 2. The van der Waals surface area contributed by atoms with Gasteiger partial charge in [0.2, 0.25) is 0 Å². The molecule has 2 rings (SSSR count). The Morgan fingerprint density at radius 3 is 2.24 bits per heavy atom. The van der Waals surface area contributed by atoms with Crippen LogP contribution in [-0.2, 0) is 13.0 Å². The number of hydrogen-bond acceptors (Lipinski definition) is 4. The Labute approximate surface area is 186 Å². The number of guanidine groups is 1. The van der Waals surface area contributed by atoms with Gasteiger partial charge in [-0.1, -0.05) is 12.1 Å². The summed E-state index contributed by atoms with van der Waals surface area (Å²) in [7, 11) is 4.74. The summed E-state index contributed by atoms with van der Waals surface area (Å²) in [4.78, 5) is 4.15. The van der Waals surface area contributed by atoms with E-state index in [-0.39, 0.29) is 36.3 Å². The first kappa shape index (κ1) is 24.7. The Kier molecular flexibility index (Phi) is 11.1. The highest BCUT2D eigenvalue weighted by Gasteiger charge is 2.11. The molecule has 0 bridgehead atoms. The van der Waals surface area contributed by atoms with Crippen LogP contribution < -0.4 is 24.8 Å². The summed E-state index contributed by atoms with van der Waals surface area (Å²) < 4.78 is 40.1. The average Bonchev–Trinajstić information content (AvgIpc) is 2.71. The zero-order valence-electron chi connectivity index (χ0n) is 16.6. The minimum atomic E-state index is -2.91. The predicted molar refractivity (Wildman–Crippen MR) is 120 cm³/mol. The lowest BCUT2D eigenvalue weighted by Gasteiger charge is -2.15. The van der Waals surface area contributed by atoms with E-state index in [9.17, 15) is 8.78 Å². The van der Waals surface area contributed by atoms with Gasteiger partial charge in [0.15, 0.2) is 5.96 Å². The van der Waals surface area contributed by atoms with Crippen LogP contribution in [0.2, 0.25) is 0 Å². The highest BCUT2D eigenvalue weighted by atomic mass is 127. The fraction of sp³-hybridized carbons (Fsp3) is 0.350. The molecule has 0 aliphatic carbocycles. The maximum absolute atomic E-state index is 12.6. The Hall–Kier alpha value is -2.30. The summed E-state index contributed by atoms with van der Waals surface area (Å²) in [6.07, 6.45) is 0.799. The molecule has 6 nitrogen and oxygen atoms in total. The van der Waals surface area contributed by atoms with E-state index in [0.717, 1.165) is 17.7 Å². The summed E-state index contributed by atoms with van der Waals surface area (Å²) in [5.41, 5.74) is 1.73. The van der Waals surface area contributed by atoms with Crippen LogP contribution in [-0.4, -0.2) is 40.4 Å². The standard InChI is InChI=1S/C20H25F2N3O3.HI/c1-23-20(24-11-10-14-4-7-16(26-2)8-5-14)25-13-15-6-9-17(27-3)12-18(15)28-19(21)22;/h4-9,12,19H,10-11,13H2,1-3H3,(H2,23,24,25);1H. The molecule has 2 N–H and O–H groups in total. The highest BCUT2D eigenvalue weighted by Crippen LogP contribution is 2.26. The molecule has 0 fully saturated rings. The summed E-state index contributed by atoms with van der Waals surface area (Å²) in [6, 6.07) is 12.6. The molecule has 0 radical (unpaired) electrons. The van der Waals surface area contributed by atoms with Gasteiger partial charge >= 0.3 is 6.61 Å². The number of benzene rings is 2. The van der Waals surface area contributed by atoms with Crippen molar-refractivity contribution in [3.05, 3.63) is 53.6 Å². The zero-order chi connectivity index (χ0) is 20.4. The van der Waals surface area contributed by atoms with Crippen LogP contribution in [0.4, 0.5) is 8.78 Å². The van der Waals surface area contributed by atoms with Crippen molar-refractivity contribution in [2.24, 2.45) is 4.99 Å². The lowest BCUT2D eigenvalue weighted by Crippen LogP contribution is -2.38. The monoisotopic (exact) mass is 521 g/mol. The Bertz CT molecular complexity index is 774. The van der Waals surface area contributed by atoms with E-state index < -0.39 is 6.61 Å². The smallest absolute Gasteiger partial charge is 0.387 e. The van der Waals surface area contributed by atoms with Crippen LogP contribution >= 0.6 is 24.0 Å². The second-order valence-electron chi connectivity index (χ2n) is 5.80. The molecule has 0 spiro atoms. The van der Waals surface area contributed by atoms with Crippen molar-refractivity contribution in [1.29, 1.82) is 0 Å². The first-order valence-electron chi connectivity index (χ1n) is 8.75. The Morgan fingerprint density at radius 1 is 1.00 bits per heavy atom. The minimum absolute atomic E-state index is 0. The van der Waals surface area contributed by atoms with Crippen LogP contribution in [0.3, 0.4) is 0 Å². The molecule has 0 saturated carbocycles. The number of nitrogens with zero attached hydrogens (tertiary/aromatic N) is 1. The number of hydrogen-bond donors (Lipinski definition) is 2. The van der Waals surface area contributed by atoms with Gasteiger partial charge < -0.3 is 24.8 Å². The largest absolute Gasteiger partial charge is 0.497 e. The van der Waals surface area contributed by atoms with Crippen LogP contribution in [0.25, 0.3) is 0 Å². The normalized spacial score (nSPS) is 10.9. The lowest BCUT2D eigenvalue weighted by molar-refractivity contribution is -0.0505. The van der Waals surface area contributed by atoms with Gasteiger partial charge in [0.25, 0.3) is 0 Å². The van der Waals surface area contributed by atoms with Crippen LogP contribution in [0.5, 0.6) is 17.2 Å². The molecular weight excluding hydrogens is 495 g/mol. The van der Waals surface area contributed by atoms with Crippen molar-refractivity contribution >= 4 is 29.9 Å². The molecular formula is C20H26F2IN3O3. The van der Waals surface area contributed by atoms with Crippen molar-refractivity contribution in [2.75, 3.05) is 27.8 Å². The van der Waals surface area contributed by atoms with Crippen molar-refractivity contribution in [2.45, 2.75) is 19.6 Å². The topological polar surface area (TPSA) is 64.1 Å². The summed E-state index contributed by atoms with van der Waals surface area (Å²) in [5.74, 6) is 1.89. The molecule has 29 heavy (non-hydrogen) atoms. The van der Waals surface area contributed by atoms with E-state index in [2.05, 4.69) is 20.4 Å². The van der Waals surface area contributed by atoms with Crippen LogP contribution in [0.1, 0.15) is 11.1 Å². The third-order valence-electron chi connectivity index (χ3n) is 4.03. The van der Waals surface area contributed by atoms with Crippen LogP contribution in [0, 0.1) is 0 Å². The van der Waals surface area contributed by atoms with E-state index in [4.69, 9.17) is 9.47 Å². The van der Waals surface area contributed by atoms with E-state index in [1.54, 1.807) is 26.3 Å². The van der Waals surface area contributed by atoms with E-state index in [1.807, 2.05) is 24.3 Å². The molecule has 160 valence electrons. The molecule has 0 heterocycles. The van der Waals surface area contributed by atoms with Gasteiger partial charge in [-0.15, -0.1) is 24.0 Å². The number of aliphatic imine (C=N–C) groups is 1. The predicted octanol–water partition coefficient (Wildman–Crippen LogP) is 3.83. The van der Waals surface area contributed by atoms with E-state index >= 15 is 0 Å². The molecule has 2 aromatic carbocycles. The quantitative estimate of drug-likeness (QED) is 0.299. The zero-order valence-corrected chi connectivity index (χ0v) is 18.9. The van der Waals surface area contributed by atoms with Gasteiger partial charge in [-0.3, -0.25) is 4.99 Å². The highest BCUT2D eigenvalue weighted by molar-refractivity contribution is 14.0.